The maximum Gasteiger partial charge on any atom is 0.310 e. The Bertz CT molecular complexity index is 795. The number of nitriles is 1. The highest BCUT2D eigenvalue weighted by atomic mass is 16.5. The number of carbonyl (C=O) groups excluding carboxylic acids is 3. The number of esters is 1. The maximum absolute atomic E-state index is 12.4. The van der Waals surface area contributed by atoms with Gasteiger partial charge in [0, 0.05) is 37.6 Å². The average Bonchev–Trinajstić information content (AvgIpc) is 2.67. The van der Waals surface area contributed by atoms with Crippen LogP contribution in [0.5, 0.6) is 0 Å². The van der Waals surface area contributed by atoms with Crippen molar-refractivity contribution in [1.82, 2.24) is 4.90 Å². The fraction of sp³-hybridized carbons (Fsp3) is 0.400. The van der Waals surface area contributed by atoms with E-state index in [-0.39, 0.29) is 23.4 Å². The molecule has 0 spiro atoms. The van der Waals surface area contributed by atoms with Gasteiger partial charge in [-0.05, 0) is 44.0 Å². The topological polar surface area (TPSA) is 112 Å². The quantitative estimate of drug-likeness (QED) is 0.442. The van der Waals surface area contributed by atoms with Gasteiger partial charge in [0.25, 0.3) is 5.91 Å². The molecule has 1 aliphatic heterocycles. The first-order valence-corrected chi connectivity index (χ1v) is 9.14. The van der Waals surface area contributed by atoms with Crippen molar-refractivity contribution in [3.63, 3.8) is 0 Å². The van der Waals surface area contributed by atoms with E-state index < -0.39 is 5.91 Å². The predicted molar refractivity (Wildman–Crippen MR) is 104 cm³/mol. The van der Waals surface area contributed by atoms with Gasteiger partial charge in [-0.25, -0.2) is 0 Å². The molecule has 0 saturated carbocycles. The smallest absolute Gasteiger partial charge is 0.310 e. The lowest BCUT2D eigenvalue weighted by atomic mass is 9.98. The molecular formula is C20H24N4O4. The number of hydrogen-bond donors (Lipinski definition) is 2. The fourth-order valence-electron chi connectivity index (χ4n) is 2.94. The van der Waals surface area contributed by atoms with E-state index in [0.717, 1.165) is 12.8 Å². The number of likely N-dealkylation sites (tertiary alicyclic amines) is 1. The van der Waals surface area contributed by atoms with E-state index in [1.54, 1.807) is 31.2 Å². The van der Waals surface area contributed by atoms with Crippen molar-refractivity contribution in [3.8, 4) is 6.07 Å². The second-order valence-corrected chi connectivity index (χ2v) is 6.45. The number of ether oxygens (including phenoxy) is 1. The summed E-state index contributed by atoms with van der Waals surface area (Å²) < 4.78 is 5.06. The van der Waals surface area contributed by atoms with Gasteiger partial charge >= 0.3 is 5.97 Å². The molecule has 0 aromatic heterocycles. The van der Waals surface area contributed by atoms with Crippen LogP contribution in [-0.2, 0) is 19.1 Å². The van der Waals surface area contributed by atoms with E-state index in [1.165, 1.54) is 13.1 Å². The lowest BCUT2D eigenvalue weighted by Gasteiger charge is -2.30. The van der Waals surface area contributed by atoms with Crippen LogP contribution in [0.4, 0.5) is 11.4 Å². The highest BCUT2D eigenvalue weighted by molar-refractivity contribution is 6.06. The molecule has 1 saturated heterocycles. The van der Waals surface area contributed by atoms with Crippen LogP contribution in [0.2, 0.25) is 0 Å². The van der Waals surface area contributed by atoms with Gasteiger partial charge in [0.1, 0.15) is 11.6 Å². The first kappa shape index (κ1) is 21.0. The fourth-order valence-corrected chi connectivity index (χ4v) is 2.94. The number of hydrogen-bond acceptors (Lipinski definition) is 6. The minimum atomic E-state index is -0.534. The molecule has 1 aliphatic rings. The number of anilines is 2. The number of rotatable bonds is 6. The van der Waals surface area contributed by atoms with Crippen molar-refractivity contribution in [2.45, 2.75) is 26.7 Å². The van der Waals surface area contributed by atoms with Gasteiger partial charge in [-0.1, -0.05) is 0 Å². The van der Waals surface area contributed by atoms with Crippen molar-refractivity contribution >= 4 is 29.2 Å². The highest BCUT2D eigenvalue weighted by Crippen LogP contribution is 2.19. The molecule has 1 heterocycles. The monoisotopic (exact) mass is 384 g/mol. The zero-order chi connectivity index (χ0) is 20.5. The molecule has 1 fully saturated rings. The Morgan fingerprint density at radius 2 is 1.89 bits per heavy atom. The summed E-state index contributed by atoms with van der Waals surface area (Å²) in [6, 6.07) is 8.49. The molecule has 2 rings (SSSR count). The van der Waals surface area contributed by atoms with E-state index in [4.69, 9.17) is 4.74 Å². The van der Waals surface area contributed by atoms with Crippen LogP contribution in [0.25, 0.3) is 0 Å². The van der Waals surface area contributed by atoms with Crippen LogP contribution in [0.1, 0.15) is 26.7 Å². The van der Waals surface area contributed by atoms with Crippen molar-refractivity contribution < 1.29 is 19.1 Å². The van der Waals surface area contributed by atoms with Crippen molar-refractivity contribution in [3.05, 3.63) is 36.0 Å². The average molecular weight is 384 g/mol. The van der Waals surface area contributed by atoms with Gasteiger partial charge in [0.05, 0.1) is 12.5 Å². The summed E-state index contributed by atoms with van der Waals surface area (Å²) in [4.78, 5) is 37.2. The van der Waals surface area contributed by atoms with Gasteiger partial charge in [0.2, 0.25) is 5.91 Å². The maximum atomic E-state index is 12.4. The number of nitrogens with one attached hydrogen (secondary N) is 2. The van der Waals surface area contributed by atoms with Crippen LogP contribution < -0.4 is 10.6 Å². The number of piperidine rings is 1. The molecule has 8 heteroatoms. The molecular weight excluding hydrogens is 360 g/mol. The molecule has 1 atom stereocenters. The summed E-state index contributed by atoms with van der Waals surface area (Å²) in [5.41, 5.74) is 1.07. The molecule has 28 heavy (non-hydrogen) atoms. The molecule has 1 aromatic rings. The van der Waals surface area contributed by atoms with Gasteiger partial charge in [-0.2, -0.15) is 5.26 Å². The number of amides is 2. The standard InChI is InChI=1S/C20H24N4O4/c1-3-28-20(27)15-5-4-10-24(12-15)13-16(11-21)19(26)23-18-8-6-17(7-9-18)22-14(2)25/h6-9,13,15H,3-5,10,12H2,1-2H3,(H,22,25)(H,23,26)/b16-13-. The Morgan fingerprint density at radius 1 is 1.25 bits per heavy atom. The Balaban J connectivity index is 2.01. The number of nitrogens with zero attached hydrogens (tertiary/aromatic N) is 2. The molecule has 0 bridgehead atoms. The minimum Gasteiger partial charge on any atom is -0.466 e. The zero-order valence-electron chi connectivity index (χ0n) is 16.0. The Labute approximate surface area is 164 Å². The summed E-state index contributed by atoms with van der Waals surface area (Å²) in [6.07, 6.45) is 3.01. The van der Waals surface area contributed by atoms with E-state index in [1.807, 2.05) is 11.0 Å². The normalized spacial score (nSPS) is 16.7. The third-order valence-corrected chi connectivity index (χ3v) is 4.21. The lowest BCUT2D eigenvalue weighted by molar-refractivity contribution is -0.149. The summed E-state index contributed by atoms with van der Waals surface area (Å²) in [6.45, 7) is 4.59. The summed E-state index contributed by atoms with van der Waals surface area (Å²) >= 11 is 0. The largest absolute Gasteiger partial charge is 0.466 e. The summed E-state index contributed by atoms with van der Waals surface area (Å²) in [5, 5.41) is 14.7. The van der Waals surface area contributed by atoms with Crippen LogP contribution in [0.15, 0.2) is 36.0 Å². The summed E-state index contributed by atoms with van der Waals surface area (Å²) in [7, 11) is 0. The van der Waals surface area contributed by atoms with E-state index in [9.17, 15) is 19.6 Å². The first-order chi connectivity index (χ1) is 13.4. The van der Waals surface area contributed by atoms with E-state index in [0.29, 0.717) is 31.1 Å². The molecule has 2 amide bonds. The Morgan fingerprint density at radius 3 is 2.46 bits per heavy atom. The molecule has 0 radical (unpaired) electrons. The molecule has 2 N–H and O–H groups in total. The van der Waals surface area contributed by atoms with Crippen molar-refractivity contribution in [1.29, 1.82) is 5.26 Å². The van der Waals surface area contributed by atoms with Crippen LogP contribution >= 0.6 is 0 Å². The third-order valence-electron chi connectivity index (χ3n) is 4.21. The van der Waals surface area contributed by atoms with Crippen LogP contribution in [-0.4, -0.2) is 42.4 Å². The Kier molecular flexibility index (Phi) is 7.57. The van der Waals surface area contributed by atoms with Crippen molar-refractivity contribution in [2.24, 2.45) is 5.92 Å². The SMILES string of the molecule is CCOC(=O)C1CCCN(/C=C(/C#N)C(=O)Nc2ccc(NC(C)=O)cc2)C1. The summed E-state index contributed by atoms with van der Waals surface area (Å²) in [5.74, 6) is -1.22. The van der Waals surface area contributed by atoms with Crippen molar-refractivity contribution in [2.75, 3.05) is 30.3 Å². The second kappa shape index (κ2) is 10.1. The predicted octanol–water partition coefficient (Wildman–Crippen LogP) is 2.27. The lowest BCUT2D eigenvalue weighted by Crippen LogP contribution is -2.37. The van der Waals surface area contributed by atoms with E-state index >= 15 is 0 Å². The molecule has 1 aromatic carbocycles. The van der Waals surface area contributed by atoms with Gasteiger partial charge in [0.15, 0.2) is 0 Å². The second-order valence-electron chi connectivity index (χ2n) is 6.45. The number of carbonyl (C=O) groups is 3. The Hall–Kier alpha value is -3.34. The highest BCUT2D eigenvalue weighted by Gasteiger charge is 2.26. The molecule has 1 unspecified atom stereocenters. The molecule has 0 aliphatic carbocycles. The number of benzene rings is 1. The zero-order valence-corrected chi connectivity index (χ0v) is 16.0. The first-order valence-electron chi connectivity index (χ1n) is 9.14. The van der Waals surface area contributed by atoms with Crippen LogP contribution in [0.3, 0.4) is 0 Å². The molecule has 8 nitrogen and oxygen atoms in total. The van der Waals surface area contributed by atoms with Gasteiger partial charge in [-0.15, -0.1) is 0 Å². The van der Waals surface area contributed by atoms with Crippen LogP contribution in [0, 0.1) is 17.2 Å². The third kappa shape index (κ3) is 6.13. The van der Waals surface area contributed by atoms with Gasteiger partial charge in [-0.3, -0.25) is 14.4 Å². The van der Waals surface area contributed by atoms with Gasteiger partial charge < -0.3 is 20.3 Å². The van der Waals surface area contributed by atoms with E-state index in [2.05, 4.69) is 10.6 Å². The molecule has 148 valence electrons. The minimum absolute atomic E-state index is 0.0459.